The van der Waals surface area contributed by atoms with E-state index >= 15 is 0 Å². The fourth-order valence-electron chi connectivity index (χ4n) is 1.83. The zero-order chi connectivity index (χ0) is 15.9. The van der Waals surface area contributed by atoms with Crippen LogP contribution < -0.4 is 0 Å². The van der Waals surface area contributed by atoms with Crippen LogP contribution in [-0.4, -0.2) is 20.1 Å². The minimum atomic E-state index is -4.52. The van der Waals surface area contributed by atoms with Crippen molar-refractivity contribution in [2.45, 2.75) is 13.1 Å². The van der Waals surface area contributed by atoms with Crippen molar-refractivity contribution in [3.05, 3.63) is 33.5 Å². The van der Waals surface area contributed by atoms with Crippen LogP contribution in [0.2, 0.25) is 0 Å². The third-order valence-corrected chi connectivity index (χ3v) is 4.52. The number of thiazole rings is 1. The van der Waals surface area contributed by atoms with Gasteiger partial charge in [-0.05, 0) is 18.4 Å². The topological polar surface area (TPSA) is 58.9 Å². The summed E-state index contributed by atoms with van der Waals surface area (Å²) in [6.07, 6.45) is -4.52. The lowest BCUT2D eigenvalue weighted by Gasteiger charge is -2.03. The average Bonchev–Trinajstić information content (AvgIpc) is 3.05. The van der Waals surface area contributed by atoms with Crippen molar-refractivity contribution in [3.63, 3.8) is 0 Å². The van der Waals surface area contributed by atoms with E-state index in [9.17, 15) is 18.3 Å². The van der Waals surface area contributed by atoms with Crippen LogP contribution >= 0.6 is 22.7 Å². The molecule has 0 amide bonds. The molecule has 3 rings (SSSR count). The first-order chi connectivity index (χ1) is 10.3. The molecule has 0 bridgehead atoms. The molecule has 0 spiro atoms. The lowest BCUT2D eigenvalue weighted by Crippen LogP contribution is -2.05. The van der Waals surface area contributed by atoms with Gasteiger partial charge in [0.1, 0.15) is 0 Å². The molecule has 3 aromatic rings. The van der Waals surface area contributed by atoms with E-state index in [1.165, 1.54) is 17.4 Å². The number of alkyl halides is 3. The highest BCUT2D eigenvalue weighted by Gasteiger charge is 2.34. The molecule has 4 nitrogen and oxygen atoms in total. The molecule has 0 atom stereocenters. The number of rotatable bonds is 2. The first-order valence-corrected chi connectivity index (χ1v) is 7.76. The predicted octanol–water partition coefficient (Wildman–Crippen LogP) is 4.36. The van der Waals surface area contributed by atoms with Gasteiger partial charge in [-0.1, -0.05) is 0 Å². The Balaban J connectivity index is 2.07. The van der Waals surface area contributed by atoms with Gasteiger partial charge in [0.15, 0.2) is 16.5 Å². The van der Waals surface area contributed by atoms with Gasteiger partial charge in [-0.25, -0.2) is 9.97 Å². The Kier molecular flexibility index (Phi) is 3.61. The smallest absolute Gasteiger partial charge is 0.434 e. The Morgan fingerprint density at radius 1 is 1.14 bits per heavy atom. The number of thiophene rings is 1. The molecular weight excluding hydrogens is 335 g/mol. The van der Waals surface area contributed by atoms with E-state index in [0.717, 1.165) is 27.2 Å². The van der Waals surface area contributed by atoms with Gasteiger partial charge in [0.05, 0.1) is 5.69 Å². The van der Waals surface area contributed by atoms with Gasteiger partial charge in [0.25, 0.3) is 0 Å². The Morgan fingerprint density at radius 2 is 1.91 bits per heavy atom. The van der Waals surface area contributed by atoms with Crippen molar-refractivity contribution >= 4 is 22.7 Å². The summed E-state index contributed by atoms with van der Waals surface area (Å²) in [5.74, 6) is -0.338. The predicted molar refractivity (Wildman–Crippen MR) is 77.9 cm³/mol. The fraction of sp³-hybridized carbons (Fsp3) is 0.154. The van der Waals surface area contributed by atoms with Gasteiger partial charge in [-0.15, -0.1) is 22.7 Å². The maximum atomic E-state index is 12.6. The van der Waals surface area contributed by atoms with Gasteiger partial charge in [-0.2, -0.15) is 18.2 Å². The van der Waals surface area contributed by atoms with E-state index < -0.39 is 11.9 Å². The summed E-state index contributed by atoms with van der Waals surface area (Å²) in [6.45, 7) is 1.89. The summed E-state index contributed by atoms with van der Waals surface area (Å²) >= 11 is 2.29. The van der Waals surface area contributed by atoms with Crippen LogP contribution in [0.15, 0.2) is 22.9 Å². The van der Waals surface area contributed by atoms with Gasteiger partial charge >= 0.3 is 6.18 Å². The first kappa shape index (κ1) is 14.9. The Bertz CT molecular complexity index is 826. The molecule has 0 unspecified atom stereocenters. The van der Waals surface area contributed by atoms with Gasteiger partial charge in [0, 0.05) is 21.9 Å². The lowest BCUT2D eigenvalue weighted by atomic mass is 10.2. The van der Waals surface area contributed by atoms with Crippen LogP contribution in [-0.2, 0) is 6.18 Å². The maximum Gasteiger partial charge on any atom is 0.434 e. The van der Waals surface area contributed by atoms with Gasteiger partial charge < -0.3 is 5.11 Å². The van der Waals surface area contributed by atoms with Crippen molar-refractivity contribution in [2.75, 3.05) is 0 Å². The monoisotopic (exact) mass is 343 g/mol. The SMILES string of the molecule is Cc1sccc1-c1cc(O)nc(-c2nc(C(F)(F)F)cs2)n1. The quantitative estimate of drug-likeness (QED) is 0.751. The molecule has 9 heteroatoms. The zero-order valence-corrected chi connectivity index (χ0v) is 12.7. The molecule has 114 valence electrons. The molecule has 0 radical (unpaired) electrons. The van der Waals surface area contributed by atoms with E-state index in [-0.39, 0.29) is 16.7 Å². The van der Waals surface area contributed by atoms with E-state index in [4.69, 9.17) is 0 Å². The summed E-state index contributed by atoms with van der Waals surface area (Å²) in [5, 5.41) is 12.5. The molecule has 1 N–H and O–H groups in total. The molecule has 0 fully saturated rings. The number of aromatic hydroxyl groups is 1. The lowest BCUT2D eigenvalue weighted by molar-refractivity contribution is -0.140. The van der Waals surface area contributed by atoms with Crippen LogP contribution in [0.1, 0.15) is 10.6 Å². The largest absolute Gasteiger partial charge is 0.493 e. The van der Waals surface area contributed by atoms with Crippen molar-refractivity contribution in [1.29, 1.82) is 0 Å². The van der Waals surface area contributed by atoms with Crippen LogP contribution in [0.25, 0.3) is 22.1 Å². The molecule has 0 aliphatic heterocycles. The fourth-order valence-corrected chi connectivity index (χ4v) is 3.29. The summed E-state index contributed by atoms with van der Waals surface area (Å²) in [7, 11) is 0. The highest BCUT2D eigenvalue weighted by atomic mass is 32.1. The number of nitrogens with zero attached hydrogens (tertiary/aromatic N) is 3. The molecule has 22 heavy (non-hydrogen) atoms. The first-order valence-electron chi connectivity index (χ1n) is 6.00. The van der Waals surface area contributed by atoms with E-state index in [1.54, 1.807) is 0 Å². The van der Waals surface area contributed by atoms with E-state index in [1.807, 2.05) is 18.4 Å². The minimum absolute atomic E-state index is 0.0114. The summed E-state index contributed by atoms with van der Waals surface area (Å²) in [5.41, 5.74) is 0.259. The second-order valence-electron chi connectivity index (χ2n) is 4.36. The normalized spacial score (nSPS) is 11.8. The number of hydrogen-bond acceptors (Lipinski definition) is 6. The molecular formula is C13H8F3N3OS2. The second-order valence-corrected chi connectivity index (χ2v) is 6.34. The van der Waals surface area contributed by atoms with Gasteiger partial charge in [0.2, 0.25) is 5.88 Å². The van der Waals surface area contributed by atoms with Crippen LogP contribution in [0.3, 0.4) is 0 Å². The van der Waals surface area contributed by atoms with E-state index in [0.29, 0.717) is 5.69 Å². The number of hydrogen-bond donors (Lipinski definition) is 1. The molecule has 0 aliphatic rings. The molecule has 0 aromatic carbocycles. The Morgan fingerprint density at radius 3 is 2.50 bits per heavy atom. The average molecular weight is 343 g/mol. The summed E-state index contributed by atoms with van der Waals surface area (Å²) in [6, 6.07) is 3.20. The highest BCUT2D eigenvalue weighted by molar-refractivity contribution is 7.13. The summed E-state index contributed by atoms with van der Waals surface area (Å²) in [4.78, 5) is 12.5. The maximum absolute atomic E-state index is 12.6. The third-order valence-electron chi connectivity index (χ3n) is 2.83. The number of halogens is 3. The Hall–Kier alpha value is -2.00. The second kappa shape index (κ2) is 5.33. The molecule has 0 saturated heterocycles. The standard InChI is InChI=1S/C13H8F3N3OS2/c1-6-7(2-3-21-6)8-4-10(20)19-11(17-8)12-18-9(5-22-12)13(14,15)16/h2-5H,1H3,(H,17,19,20). The molecule has 3 aromatic heterocycles. The molecule has 3 heterocycles. The summed E-state index contributed by atoms with van der Waals surface area (Å²) < 4.78 is 37.8. The molecule has 0 aliphatic carbocycles. The van der Waals surface area contributed by atoms with Crippen molar-refractivity contribution < 1.29 is 18.3 Å². The third kappa shape index (κ3) is 2.81. The van der Waals surface area contributed by atoms with E-state index in [2.05, 4.69) is 15.0 Å². The highest BCUT2D eigenvalue weighted by Crippen LogP contribution is 2.34. The van der Waals surface area contributed by atoms with Gasteiger partial charge in [-0.3, -0.25) is 0 Å². The van der Waals surface area contributed by atoms with Crippen molar-refractivity contribution in [1.82, 2.24) is 15.0 Å². The molecule has 0 saturated carbocycles. The van der Waals surface area contributed by atoms with Crippen LogP contribution in [0.5, 0.6) is 5.88 Å². The Labute approximate surface area is 131 Å². The van der Waals surface area contributed by atoms with Crippen molar-refractivity contribution in [2.24, 2.45) is 0 Å². The van der Waals surface area contributed by atoms with Crippen LogP contribution in [0, 0.1) is 6.92 Å². The number of aromatic nitrogens is 3. The van der Waals surface area contributed by atoms with Crippen molar-refractivity contribution in [3.8, 4) is 28.0 Å². The zero-order valence-electron chi connectivity index (χ0n) is 11.0. The number of aryl methyl sites for hydroxylation is 1. The minimum Gasteiger partial charge on any atom is -0.493 e. The van der Waals surface area contributed by atoms with Crippen LogP contribution in [0.4, 0.5) is 13.2 Å².